The van der Waals surface area contributed by atoms with Crippen molar-refractivity contribution in [1.29, 1.82) is 0 Å². The molecule has 0 bridgehead atoms. The van der Waals surface area contributed by atoms with Crippen molar-refractivity contribution in [3.8, 4) is 0 Å². The Labute approximate surface area is 125 Å². The van der Waals surface area contributed by atoms with Crippen LogP contribution in [0.25, 0.3) is 0 Å². The Bertz CT molecular complexity index is 230. The molecule has 0 unspecified atom stereocenters. The van der Waals surface area contributed by atoms with Crippen LogP contribution in [-0.4, -0.2) is 8.16 Å². The van der Waals surface area contributed by atoms with Crippen LogP contribution in [0, 0.1) is 0 Å². The zero-order chi connectivity index (χ0) is 11.6. The summed E-state index contributed by atoms with van der Waals surface area (Å²) in [5.41, 5.74) is 0. The van der Waals surface area contributed by atoms with Crippen LogP contribution in [0.1, 0.15) is 64.2 Å². The van der Waals surface area contributed by atoms with Gasteiger partial charge in [0.1, 0.15) is 0 Å². The van der Waals surface area contributed by atoms with E-state index in [4.69, 9.17) is 0 Å². The maximum atomic E-state index is 2.25. The van der Waals surface area contributed by atoms with Crippen molar-refractivity contribution in [3.63, 3.8) is 0 Å². The molecular weight excluding hydrogens is 304 g/mol. The lowest BCUT2D eigenvalue weighted by molar-refractivity contribution is 0.491. The van der Waals surface area contributed by atoms with Gasteiger partial charge in [-0.25, -0.2) is 0 Å². The monoisotopic (exact) mass is 324 g/mol. The molecule has 0 nitrogen and oxygen atoms in total. The highest BCUT2D eigenvalue weighted by molar-refractivity contribution is 9.13. The third-order valence-electron chi connectivity index (χ3n) is 3.95. The molecule has 2 aliphatic carbocycles. The van der Waals surface area contributed by atoms with Gasteiger partial charge in [-0.15, -0.1) is 0 Å². The zero-order valence-corrected chi connectivity index (χ0v) is 14.2. The molecule has 0 aromatic carbocycles. The summed E-state index contributed by atoms with van der Waals surface area (Å²) < 4.78 is 1.11. The Balaban J connectivity index is 1.66. The fourth-order valence-electron chi connectivity index (χ4n) is 2.83. The van der Waals surface area contributed by atoms with Crippen LogP contribution >= 0.6 is 53.0 Å². The van der Waals surface area contributed by atoms with Crippen LogP contribution in [0.3, 0.4) is 0 Å². The molecule has 1 saturated heterocycles. The van der Waals surface area contributed by atoms with E-state index >= 15 is 0 Å². The van der Waals surface area contributed by atoms with E-state index in [9.17, 15) is 0 Å². The second-order valence-electron chi connectivity index (χ2n) is 5.34. The zero-order valence-electron chi connectivity index (χ0n) is 10.1. The SMILES string of the molecule is C1CCC2(CC1)SSSC1(CCCCC1)SS2. The molecule has 0 atom stereocenters. The van der Waals surface area contributed by atoms with E-state index < -0.39 is 0 Å². The fraction of sp³-hybridized carbons (Fsp3) is 1.00. The van der Waals surface area contributed by atoms with E-state index in [0.29, 0.717) is 8.16 Å². The van der Waals surface area contributed by atoms with E-state index in [1.165, 1.54) is 64.2 Å². The lowest BCUT2D eigenvalue weighted by Gasteiger charge is -2.36. The predicted octanol–water partition coefficient (Wildman–Crippen LogP) is 6.73. The van der Waals surface area contributed by atoms with Crippen molar-refractivity contribution >= 4 is 53.0 Å². The molecule has 98 valence electrons. The average Bonchev–Trinajstić information content (AvgIpc) is 2.54. The van der Waals surface area contributed by atoms with Crippen molar-refractivity contribution in [1.82, 2.24) is 0 Å². The maximum Gasteiger partial charge on any atom is 0.0826 e. The largest absolute Gasteiger partial charge is 0.0826 e. The van der Waals surface area contributed by atoms with E-state index in [0.717, 1.165) is 0 Å². The number of hydrogen-bond donors (Lipinski definition) is 0. The molecule has 0 N–H and O–H groups in total. The Kier molecular flexibility index (Phi) is 4.86. The highest BCUT2D eigenvalue weighted by atomic mass is 33.5. The molecule has 1 heterocycles. The summed E-state index contributed by atoms with van der Waals surface area (Å²) in [5, 5.41) is 0. The smallest absolute Gasteiger partial charge is 0.0739 e. The molecule has 0 aromatic heterocycles. The first-order valence-corrected chi connectivity index (χ1v) is 12.4. The molecular formula is C12H20S5. The van der Waals surface area contributed by atoms with Gasteiger partial charge in [0.05, 0.1) is 8.16 Å². The third kappa shape index (κ3) is 3.26. The first-order chi connectivity index (χ1) is 8.33. The van der Waals surface area contributed by atoms with Crippen LogP contribution in [0.5, 0.6) is 0 Å². The number of rotatable bonds is 0. The molecule has 3 fully saturated rings. The maximum absolute atomic E-state index is 2.25. The summed E-state index contributed by atoms with van der Waals surface area (Å²) in [6.07, 6.45) is 14.5. The van der Waals surface area contributed by atoms with E-state index in [-0.39, 0.29) is 0 Å². The number of hydrogen-bond acceptors (Lipinski definition) is 5. The van der Waals surface area contributed by atoms with E-state index in [1.54, 1.807) is 0 Å². The van der Waals surface area contributed by atoms with Gasteiger partial charge in [-0.3, -0.25) is 0 Å². The van der Waals surface area contributed by atoms with Gasteiger partial charge in [-0.2, -0.15) is 0 Å². The predicted molar refractivity (Wildman–Crippen MR) is 89.6 cm³/mol. The summed E-state index contributed by atoms with van der Waals surface area (Å²) in [7, 11) is 11.0. The van der Waals surface area contributed by atoms with Gasteiger partial charge in [0, 0.05) is 0 Å². The van der Waals surface area contributed by atoms with Gasteiger partial charge in [0.15, 0.2) is 0 Å². The van der Waals surface area contributed by atoms with Crippen LogP contribution < -0.4 is 0 Å². The van der Waals surface area contributed by atoms with Gasteiger partial charge in [0.25, 0.3) is 0 Å². The second-order valence-corrected chi connectivity index (χ2v) is 13.4. The molecule has 0 aromatic rings. The molecule has 3 rings (SSSR count). The van der Waals surface area contributed by atoms with Crippen molar-refractivity contribution in [3.05, 3.63) is 0 Å². The minimum absolute atomic E-state index is 0.557. The van der Waals surface area contributed by atoms with Gasteiger partial charge in [-0.1, -0.05) is 81.7 Å². The van der Waals surface area contributed by atoms with E-state index in [2.05, 4.69) is 53.0 Å². The fourth-order valence-corrected chi connectivity index (χ4v) is 15.9. The summed E-state index contributed by atoms with van der Waals surface area (Å²) in [4.78, 5) is 0. The van der Waals surface area contributed by atoms with Crippen LogP contribution in [0.15, 0.2) is 0 Å². The van der Waals surface area contributed by atoms with Gasteiger partial charge in [0.2, 0.25) is 0 Å². The minimum atomic E-state index is 0.557. The average molecular weight is 325 g/mol. The van der Waals surface area contributed by atoms with Crippen molar-refractivity contribution in [2.24, 2.45) is 0 Å². The molecule has 0 radical (unpaired) electrons. The molecule has 3 aliphatic rings. The van der Waals surface area contributed by atoms with Gasteiger partial charge < -0.3 is 0 Å². The molecule has 1 aliphatic heterocycles. The van der Waals surface area contributed by atoms with Crippen molar-refractivity contribution in [2.75, 3.05) is 0 Å². The van der Waals surface area contributed by atoms with E-state index in [1.807, 2.05) is 0 Å². The van der Waals surface area contributed by atoms with Gasteiger partial charge in [-0.05, 0) is 35.5 Å². The highest BCUT2D eigenvalue weighted by Crippen LogP contribution is 2.70. The van der Waals surface area contributed by atoms with Crippen LogP contribution in [0.2, 0.25) is 0 Å². The molecule has 5 heteroatoms. The van der Waals surface area contributed by atoms with Gasteiger partial charge >= 0.3 is 0 Å². The van der Waals surface area contributed by atoms with Crippen LogP contribution in [-0.2, 0) is 0 Å². The summed E-state index contributed by atoms with van der Waals surface area (Å²) in [6, 6.07) is 0. The van der Waals surface area contributed by atoms with Crippen LogP contribution in [0.4, 0.5) is 0 Å². The standard InChI is InChI=1S/C12H20S5/c1-3-7-11(8-4-1)13-14-12(16-17-15-11)9-5-2-6-10-12/h1-10H2. The minimum Gasteiger partial charge on any atom is -0.0739 e. The highest BCUT2D eigenvalue weighted by Gasteiger charge is 2.44. The normalized spacial score (nSPS) is 32.5. The molecule has 17 heavy (non-hydrogen) atoms. The third-order valence-corrected chi connectivity index (χ3v) is 15.0. The first-order valence-electron chi connectivity index (χ1n) is 6.73. The molecule has 2 spiro atoms. The lowest BCUT2D eigenvalue weighted by Crippen LogP contribution is -2.24. The van der Waals surface area contributed by atoms with Crippen molar-refractivity contribution < 1.29 is 0 Å². The molecule has 0 amide bonds. The summed E-state index contributed by atoms with van der Waals surface area (Å²) in [5.74, 6) is 0. The summed E-state index contributed by atoms with van der Waals surface area (Å²) >= 11 is 0. The van der Waals surface area contributed by atoms with Crippen molar-refractivity contribution in [2.45, 2.75) is 72.4 Å². The Morgan fingerprint density at radius 2 is 0.882 bits per heavy atom. The topological polar surface area (TPSA) is 0 Å². The second kappa shape index (κ2) is 6.02. The first kappa shape index (κ1) is 13.7. The molecule has 2 saturated carbocycles. The summed E-state index contributed by atoms with van der Waals surface area (Å²) in [6.45, 7) is 0. The Morgan fingerprint density at radius 3 is 1.29 bits per heavy atom. The lowest BCUT2D eigenvalue weighted by atomic mass is 10.00. The Morgan fingerprint density at radius 1 is 0.471 bits per heavy atom. The Hall–Kier alpha value is 1.75. The quantitative estimate of drug-likeness (QED) is 0.451.